The van der Waals surface area contributed by atoms with Crippen molar-refractivity contribution in [2.45, 2.75) is 280 Å². The monoisotopic (exact) mass is 1300 g/mol. The number of aryl methyl sites for hydroxylation is 8. The summed E-state index contributed by atoms with van der Waals surface area (Å²) in [6.07, 6.45) is 0. The molecule has 6 aromatic carbocycles. The highest BCUT2D eigenvalue weighted by atomic mass is 16.3. The van der Waals surface area contributed by atoms with Crippen LogP contribution in [0.5, 0.6) is 51.7 Å². The maximum Gasteiger partial charge on any atom is 0.251 e. The van der Waals surface area contributed by atoms with Crippen molar-refractivity contribution in [2.75, 3.05) is 0 Å². The van der Waals surface area contributed by atoms with E-state index in [4.69, 9.17) is 0 Å². The van der Waals surface area contributed by atoms with E-state index < -0.39 is 0 Å². The summed E-state index contributed by atoms with van der Waals surface area (Å²) in [5.74, 6) is 2.10. The molecular formula is C83H125NO10. The molecule has 0 aliphatic rings. The van der Waals surface area contributed by atoms with Crippen molar-refractivity contribution in [3.63, 3.8) is 0 Å². The molecule has 11 heteroatoms. The SMILES string of the molecule is Cc1[nH]c(=O)c(C)c(C)c1C(C)(C)C.Cc1c(O)cc(O)c(C(C)(C)C)c1C.Cc1cc(C(C)(C)C)c(C)cc1O.Cc1cc(C(C)(C)C)c(O)cc1O.Cc1cc(O)c(C)c(C)c1C(C)(C)C.Cc1cc(O)cc(C)c1C(C)(C)C.Cc1cc(O)cc(O)c1C(C)(C)C. The van der Waals surface area contributed by atoms with Gasteiger partial charge in [0.25, 0.3) is 5.56 Å². The Hall–Kier alpha value is -7.53. The van der Waals surface area contributed by atoms with Crippen LogP contribution in [0.2, 0.25) is 0 Å². The average molecular weight is 1300 g/mol. The van der Waals surface area contributed by atoms with Crippen molar-refractivity contribution < 1.29 is 46.0 Å². The van der Waals surface area contributed by atoms with Crippen molar-refractivity contribution in [1.82, 2.24) is 4.98 Å². The fraction of sp³-hybridized carbons (Fsp3) is 0.506. The third-order valence-corrected chi connectivity index (χ3v) is 16.9. The molecule has 0 saturated heterocycles. The van der Waals surface area contributed by atoms with Crippen LogP contribution in [0.3, 0.4) is 0 Å². The predicted molar refractivity (Wildman–Crippen MR) is 398 cm³/mol. The van der Waals surface area contributed by atoms with Gasteiger partial charge < -0.3 is 50.9 Å². The van der Waals surface area contributed by atoms with Crippen LogP contribution in [0, 0.1) is 96.9 Å². The number of H-pyrrole nitrogens is 1. The summed E-state index contributed by atoms with van der Waals surface area (Å²) in [4.78, 5) is 14.4. The van der Waals surface area contributed by atoms with Crippen LogP contribution in [0.4, 0.5) is 0 Å². The van der Waals surface area contributed by atoms with Crippen molar-refractivity contribution in [3.8, 4) is 51.7 Å². The molecule has 0 saturated carbocycles. The Bertz CT molecular complexity index is 3550. The summed E-state index contributed by atoms with van der Waals surface area (Å²) in [6, 6.07) is 17.1. The molecule has 0 unspecified atom stereocenters. The predicted octanol–water partition coefficient (Wildman–Crippen LogP) is 21.2. The number of hydrogen-bond donors (Lipinski definition) is 10. The largest absolute Gasteiger partial charge is 0.508 e. The van der Waals surface area contributed by atoms with E-state index in [9.17, 15) is 50.8 Å². The Labute approximate surface area is 568 Å². The number of aromatic amines is 1. The third-order valence-electron chi connectivity index (χ3n) is 16.9. The van der Waals surface area contributed by atoms with Crippen molar-refractivity contribution in [1.29, 1.82) is 0 Å². The summed E-state index contributed by atoms with van der Waals surface area (Å²) >= 11 is 0. The number of rotatable bonds is 0. The van der Waals surface area contributed by atoms with Crippen LogP contribution in [0.25, 0.3) is 0 Å². The Balaban J connectivity index is 0.000000548. The molecule has 0 aliphatic carbocycles. The first-order valence-electron chi connectivity index (χ1n) is 32.7. The zero-order valence-electron chi connectivity index (χ0n) is 64.7. The standard InChI is InChI=1S/C13H20O.C12H19NO.C12H18O2.2C12H18O.2C11H16O2/c1-8-7-11(14)9(2)10(3)12(8)13(4,5)6;1-7-8(2)11(14)13-9(3)10(7)12(4,5)6;1-7-8(2)11(12(3,4)5)10(14)6-9(7)13;1-8-7-11(13)9(2)6-10(8)12(3,4)5;1-8-6-10(13)7-9(2)11(8)12(3,4)5;1-7-5-8(11(2,3)4)10(13)6-9(7)12;1-7-5-8(12)6-9(13)10(7)11(2,3)4/h7,14H,1-6H3;1-6H3,(H,13,14);6,13-14H,1-5H3;2*6-7,13H,1-5H3;2*5-6,12-13H,1-4H3. The molecule has 0 bridgehead atoms. The van der Waals surface area contributed by atoms with Crippen LogP contribution in [0.1, 0.15) is 262 Å². The van der Waals surface area contributed by atoms with Gasteiger partial charge in [0.15, 0.2) is 0 Å². The van der Waals surface area contributed by atoms with Crippen LogP contribution < -0.4 is 5.56 Å². The topological polar surface area (TPSA) is 215 Å². The van der Waals surface area contributed by atoms with E-state index >= 15 is 0 Å². The lowest BCUT2D eigenvalue weighted by Crippen LogP contribution is -2.23. The second kappa shape index (κ2) is 31.8. The highest BCUT2D eigenvalue weighted by Crippen LogP contribution is 2.41. The fourth-order valence-electron chi connectivity index (χ4n) is 12.9. The smallest absolute Gasteiger partial charge is 0.251 e. The van der Waals surface area contributed by atoms with E-state index in [2.05, 4.69) is 108 Å². The third kappa shape index (κ3) is 23.4. The first kappa shape index (κ1) is 84.5. The van der Waals surface area contributed by atoms with Crippen LogP contribution in [0.15, 0.2) is 65.5 Å². The minimum absolute atomic E-state index is 0.0352. The van der Waals surface area contributed by atoms with Crippen molar-refractivity contribution >= 4 is 0 Å². The van der Waals surface area contributed by atoms with Gasteiger partial charge in [-0.05, 0) is 266 Å². The zero-order chi connectivity index (χ0) is 74.2. The van der Waals surface area contributed by atoms with Gasteiger partial charge in [0.05, 0.1) is 0 Å². The summed E-state index contributed by atoms with van der Waals surface area (Å²) in [5.41, 5.74) is 22.5. The molecule has 0 spiro atoms. The lowest BCUT2D eigenvalue weighted by molar-refractivity contribution is 0.427. The number of nitrogens with one attached hydrogen (secondary N) is 1. The van der Waals surface area contributed by atoms with Crippen LogP contribution in [-0.4, -0.2) is 50.9 Å². The molecule has 522 valence electrons. The number of benzene rings is 6. The van der Waals surface area contributed by atoms with Crippen LogP contribution >= 0.6 is 0 Å². The Morgan fingerprint density at radius 3 is 0.915 bits per heavy atom. The molecule has 1 heterocycles. The second-order valence-corrected chi connectivity index (χ2v) is 33.1. The number of phenolic OH excluding ortho intramolecular Hbond substituents is 9. The summed E-state index contributed by atoms with van der Waals surface area (Å²) in [6.45, 7) is 72.1. The first-order valence-corrected chi connectivity index (χ1v) is 32.7. The van der Waals surface area contributed by atoms with Crippen molar-refractivity contribution in [2.24, 2.45) is 0 Å². The summed E-state index contributed by atoms with van der Waals surface area (Å²) in [7, 11) is 0. The van der Waals surface area contributed by atoms with E-state index in [-0.39, 0.29) is 78.0 Å². The van der Waals surface area contributed by atoms with Gasteiger partial charge in [-0.2, -0.15) is 0 Å². The summed E-state index contributed by atoms with van der Waals surface area (Å²) < 4.78 is 0. The molecule has 7 aromatic rings. The normalized spacial score (nSPS) is 11.8. The lowest BCUT2D eigenvalue weighted by Gasteiger charge is -2.25. The van der Waals surface area contributed by atoms with Gasteiger partial charge in [-0.15, -0.1) is 0 Å². The number of phenols is 9. The number of hydrogen-bond acceptors (Lipinski definition) is 10. The highest BCUT2D eigenvalue weighted by molar-refractivity contribution is 5.54. The Morgan fingerprint density at radius 2 is 0.532 bits per heavy atom. The van der Waals surface area contributed by atoms with E-state index in [0.717, 1.165) is 72.5 Å². The number of aromatic nitrogens is 1. The molecule has 0 radical (unpaired) electrons. The first-order chi connectivity index (χ1) is 42.0. The molecule has 0 aliphatic heterocycles. The molecule has 0 fully saturated rings. The van der Waals surface area contributed by atoms with Crippen LogP contribution in [-0.2, 0) is 37.9 Å². The molecule has 0 amide bonds. The number of pyridine rings is 1. The van der Waals surface area contributed by atoms with Gasteiger partial charge in [-0.3, -0.25) is 4.79 Å². The highest BCUT2D eigenvalue weighted by Gasteiger charge is 2.26. The van der Waals surface area contributed by atoms with E-state index in [1.165, 1.54) is 62.7 Å². The number of aromatic hydroxyl groups is 9. The van der Waals surface area contributed by atoms with Gasteiger partial charge in [-0.1, -0.05) is 151 Å². The molecular weight excluding hydrogens is 1170 g/mol. The molecule has 10 N–H and O–H groups in total. The van der Waals surface area contributed by atoms with Gasteiger partial charge >= 0.3 is 0 Å². The molecule has 94 heavy (non-hydrogen) atoms. The van der Waals surface area contributed by atoms with Gasteiger partial charge in [0, 0.05) is 40.6 Å². The van der Waals surface area contributed by atoms with E-state index in [1.54, 1.807) is 6.07 Å². The minimum atomic E-state index is -0.105. The zero-order valence-corrected chi connectivity index (χ0v) is 64.7. The summed E-state index contributed by atoms with van der Waals surface area (Å²) in [5, 5.41) is 85.6. The van der Waals surface area contributed by atoms with E-state index in [0.29, 0.717) is 17.2 Å². The molecule has 11 nitrogen and oxygen atoms in total. The second-order valence-electron chi connectivity index (χ2n) is 33.1. The van der Waals surface area contributed by atoms with Crippen molar-refractivity contribution in [3.05, 3.63) is 188 Å². The minimum Gasteiger partial charge on any atom is -0.508 e. The average Bonchev–Trinajstić information content (AvgIpc) is 0.824. The molecule has 7 rings (SSSR count). The van der Waals surface area contributed by atoms with Gasteiger partial charge in [-0.25, -0.2) is 0 Å². The van der Waals surface area contributed by atoms with Gasteiger partial charge in [0.2, 0.25) is 0 Å². The lowest BCUT2D eigenvalue weighted by atomic mass is 9.80. The Morgan fingerprint density at radius 1 is 0.234 bits per heavy atom. The fourth-order valence-corrected chi connectivity index (χ4v) is 12.9. The maximum atomic E-state index is 11.5. The van der Waals surface area contributed by atoms with Gasteiger partial charge in [0.1, 0.15) is 51.7 Å². The quantitative estimate of drug-likeness (QED) is 0.0693. The molecule has 1 aromatic heterocycles. The molecule has 0 atom stereocenters. The maximum absolute atomic E-state index is 11.5. The van der Waals surface area contributed by atoms with E-state index in [1.807, 2.05) is 176 Å². The Kier molecular flexibility index (Phi) is 28.6.